The highest BCUT2D eigenvalue weighted by atomic mass is 35.5. The third kappa shape index (κ3) is 2.88. The fourth-order valence-electron chi connectivity index (χ4n) is 3.20. The molecule has 1 aliphatic rings. The molecule has 1 atom stereocenters. The zero-order valence-electron chi connectivity index (χ0n) is 12.1. The van der Waals surface area contributed by atoms with Crippen LogP contribution >= 0.6 is 11.6 Å². The molecule has 2 aromatic rings. The minimum Gasteiger partial charge on any atom is -0.349 e. The molecule has 1 aromatic heterocycles. The molecule has 1 aliphatic carbocycles. The summed E-state index contributed by atoms with van der Waals surface area (Å²) < 4.78 is 0. The molecule has 110 valence electrons. The molecule has 0 saturated heterocycles. The molecule has 3 nitrogen and oxygen atoms in total. The third-order valence-electron chi connectivity index (χ3n) is 4.46. The Morgan fingerprint density at radius 3 is 2.67 bits per heavy atom. The Labute approximate surface area is 129 Å². The lowest BCUT2D eigenvalue weighted by Crippen LogP contribution is -2.37. The molecule has 21 heavy (non-hydrogen) atoms. The largest absolute Gasteiger partial charge is 0.349 e. The van der Waals surface area contributed by atoms with Gasteiger partial charge in [0.1, 0.15) is 5.15 Å². The quantitative estimate of drug-likeness (QED) is 0.864. The summed E-state index contributed by atoms with van der Waals surface area (Å²) in [6.45, 7) is 2.10. The van der Waals surface area contributed by atoms with Gasteiger partial charge in [0.15, 0.2) is 0 Å². The Morgan fingerprint density at radius 1 is 1.29 bits per heavy atom. The van der Waals surface area contributed by atoms with E-state index in [0.29, 0.717) is 16.6 Å². The molecule has 1 unspecified atom stereocenters. The van der Waals surface area contributed by atoms with Gasteiger partial charge in [-0.25, -0.2) is 4.98 Å². The number of nitrogens with one attached hydrogen (secondary N) is 1. The first-order chi connectivity index (χ1) is 10.2. The number of carbonyl (C=O) groups is 1. The number of hydrogen-bond donors (Lipinski definition) is 1. The maximum Gasteiger partial charge on any atom is 0.253 e. The number of carbonyl (C=O) groups excluding carboxylic acids is 1. The predicted molar refractivity (Wildman–Crippen MR) is 85.6 cm³/mol. The molecule has 1 heterocycles. The highest BCUT2D eigenvalue weighted by Gasteiger charge is 2.23. The van der Waals surface area contributed by atoms with Crippen molar-refractivity contribution < 1.29 is 4.79 Å². The van der Waals surface area contributed by atoms with E-state index in [1.165, 1.54) is 25.7 Å². The summed E-state index contributed by atoms with van der Waals surface area (Å²) in [7, 11) is 0. The average Bonchev–Trinajstić information content (AvgIpc) is 3.02. The van der Waals surface area contributed by atoms with E-state index >= 15 is 0 Å². The van der Waals surface area contributed by atoms with Crippen LogP contribution < -0.4 is 5.32 Å². The topological polar surface area (TPSA) is 42.0 Å². The summed E-state index contributed by atoms with van der Waals surface area (Å²) >= 11 is 6.10. The average molecular weight is 303 g/mol. The minimum absolute atomic E-state index is 0.0604. The summed E-state index contributed by atoms with van der Waals surface area (Å²) in [5, 5.41) is 5.24. The van der Waals surface area contributed by atoms with E-state index in [2.05, 4.69) is 17.2 Å². The van der Waals surface area contributed by atoms with Gasteiger partial charge in [-0.05, 0) is 31.1 Å². The van der Waals surface area contributed by atoms with Crippen molar-refractivity contribution in [2.75, 3.05) is 0 Å². The summed E-state index contributed by atoms with van der Waals surface area (Å²) in [6.07, 6.45) is 6.54. The second kappa shape index (κ2) is 6.02. The van der Waals surface area contributed by atoms with Crippen molar-refractivity contribution in [2.24, 2.45) is 5.92 Å². The molecular formula is C17H19ClN2O. The minimum atomic E-state index is -0.0604. The van der Waals surface area contributed by atoms with Gasteiger partial charge in [0.2, 0.25) is 0 Å². The van der Waals surface area contributed by atoms with Crippen LogP contribution in [0.4, 0.5) is 0 Å². The summed E-state index contributed by atoms with van der Waals surface area (Å²) in [5.74, 6) is 0.537. The molecule has 1 fully saturated rings. The van der Waals surface area contributed by atoms with Crippen LogP contribution in [0.5, 0.6) is 0 Å². The van der Waals surface area contributed by atoms with Crippen molar-refractivity contribution in [3.05, 3.63) is 41.2 Å². The highest BCUT2D eigenvalue weighted by molar-refractivity contribution is 6.34. The van der Waals surface area contributed by atoms with E-state index in [4.69, 9.17) is 11.6 Å². The van der Waals surface area contributed by atoms with Crippen LogP contribution in [0.3, 0.4) is 0 Å². The molecular weight excluding hydrogens is 284 g/mol. The van der Waals surface area contributed by atoms with E-state index in [0.717, 1.165) is 10.8 Å². The molecule has 1 saturated carbocycles. The normalized spacial score (nSPS) is 17.0. The van der Waals surface area contributed by atoms with Crippen molar-refractivity contribution in [3.63, 3.8) is 0 Å². The van der Waals surface area contributed by atoms with Crippen LogP contribution in [0.2, 0.25) is 5.15 Å². The van der Waals surface area contributed by atoms with E-state index in [-0.39, 0.29) is 11.9 Å². The molecule has 1 N–H and O–H groups in total. The summed E-state index contributed by atoms with van der Waals surface area (Å²) in [6, 6.07) is 7.82. The number of fused-ring (bicyclic) bond motifs is 1. The molecule has 0 spiro atoms. The van der Waals surface area contributed by atoms with Crippen LogP contribution in [0, 0.1) is 5.92 Å². The Morgan fingerprint density at radius 2 is 1.95 bits per heavy atom. The van der Waals surface area contributed by atoms with Crippen LogP contribution in [0.1, 0.15) is 43.0 Å². The fraction of sp³-hybridized carbons (Fsp3) is 0.412. The SMILES string of the molecule is CC(NC(=O)c1cnc(Cl)c2ccccc12)C1CCCC1. The standard InChI is InChI=1S/C17H19ClN2O/c1-11(12-6-2-3-7-12)20-17(21)15-10-19-16(18)14-9-5-4-8-13(14)15/h4-5,8-12H,2-3,6-7H2,1H3,(H,20,21). The van der Waals surface area contributed by atoms with Crippen molar-refractivity contribution in [1.82, 2.24) is 10.3 Å². The first-order valence-corrected chi connectivity index (χ1v) is 7.88. The van der Waals surface area contributed by atoms with Gasteiger partial charge in [-0.3, -0.25) is 4.79 Å². The number of nitrogens with zero attached hydrogens (tertiary/aromatic N) is 1. The highest BCUT2D eigenvalue weighted by Crippen LogP contribution is 2.28. The zero-order valence-corrected chi connectivity index (χ0v) is 12.9. The number of rotatable bonds is 3. The maximum absolute atomic E-state index is 12.5. The zero-order chi connectivity index (χ0) is 14.8. The van der Waals surface area contributed by atoms with E-state index in [9.17, 15) is 4.79 Å². The predicted octanol–water partition coefficient (Wildman–Crippen LogP) is 4.20. The molecule has 1 aromatic carbocycles. The van der Waals surface area contributed by atoms with Gasteiger partial charge in [0, 0.05) is 17.6 Å². The van der Waals surface area contributed by atoms with Gasteiger partial charge in [0.25, 0.3) is 5.91 Å². The molecule has 1 amide bonds. The van der Waals surface area contributed by atoms with Crippen LogP contribution in [-0.2, 0) is 0 Å². The molecule has 0 radical (unpaired) electrons. The summed E-state index contributed by atoms with van der Waals surface area (Å²) in [4.78, 5) is 16.7. The monoisotopic (exact) mass is 302 g/mol. The van der Waals surface area contributed by atoms with Gasteiger partial charge < -0.3 is 5.32 Å². The molecule has 3 rings (SSSR count). The second-order valence-electron chi connectivity index (χ2n) is 5.81. The Kier molecular flexibility index (Phi) is 4.11. The Balaban J connectivity index is 1.86. The smallest absolute Gasteiger partial charge is 0.253 e. The number of amides is 1. The second-order valence-corrected chi connectivity index (χ2v) is 6.17. The first-order valence-electron chi connectivity index (χ1n) is 7.51. The van der Waals surface area contributed by atoms with Gasteiger partial charge in [-0.15, -0.1) is 0 Å². The third-order valence-corrected chi connectivity index (χ3v) is 4.76. The lowest BCUT2D eigenvalue weighted by atomic mass is 9.99. The molecule has 0 bridgehead atoms. The maximum atomic E-state index is 12.5. The van der Waals surface area contributed by atoms with Crippen molar-refractivity contribution >= 4 is 28.3 Å². The van der Waals surface area contributed by atoms with Gasteiger partial charge in [-0.2, -0.15) is 0 Å². The van der Waals surface area contributed by atoms with Crippen molar-refractivity contribution in [3.8, 4) is 0 Å². The Hall–Kier alpha value is -1.61. The van der Waals surface area contributed by atoms with Gasteiger partial charge in [0.05, 0.1) is 5.56 Å². The number of halogens is 1. The number of hydrogen-bond acceptors (Lipinski definition) is 2. The molecule has 0 aliphatic heterocycles. The van der Waals surface area contributed by atoms with Gasteiger partial charge in [-0.1, -0.05) is 48.7 Å². The van der Waals surface area contributed by atoms with E-state index < -0.39 is 0 Å². The number of pyridine rings is 1. The lowest BCUT2D eigenvalue weighted by molar-refractivity contribution is 0.0928. The summed E-state index contributed by atoms with van der Waals surface area (Å²) in [5.41, 5.74) is 0.597. The lowest BCUT2D eigenvalue weighted by Gasteiger charge is -2.20. The first kappa shape index (κ1) is 14.3. The van der Waals surface area contributed by atoms with Crippen molar-refractivity contribution in [1.29, 1.82) is 0 Å². The van der Waals surface area contributed by atoms with Gasteiger partial charge >= 0.3 is 0 Å². The Bertz CT molecular complexity index is 665. The van der Waals surface area contributed by atoms with Crippen molar-refractivity contribution in [2.45, 2.75) is 38.6 Å². The number of aromatic nitrogens is 1. The van der Waals surface area contributed by atoms with Crippen LogP contribution in [-0.4, -0.2) is 16.9 Å². The van der Waals surface area contributed by atoms with Crippen LogP contribution in [0.25, 0.3) is 10.8 Å². The van der Waals surface area contributed by atoms with E-state index in [1.54, 1.807) is 6.20 Å². The molecule has 4 heteroatoms. The fourth-order valence-corrected chi connectivity index (χ4v) is 3.41. The number of benzene rings is 1. The van der Waals surface area contributed by atoms with Crippen LogP contribution in [0.15, 0.2) is 30.5 Å². The van der Waals surface area contributed by atoms with E-state index in [1.807, 2.05) is 24.3 Å².